The highest BCUT2D eigenvalue weighted by atomic mass is 35.5. The second-order valence-electron chi connectivity index (χ2n) is 8.69. The summed E-state index contributed by atoms with van der Waals surface area (Å²) in [5, 5.41) is 10.5. The standard InChI is InChI=1S/C26H24ClN3O2S2/c1-33-25-19(14-29)22(17-3-5-18(27)6-4-17)23(34-25)24(31)30-10-8-26(9-11-30)15-32-21-7-2-16(13-28)12-20(21)26/h2-7,12H,8-11,13,15,28H2,1H3. The zero-order valence-electron chi connectivity index (χ0n) is 18.8. The van der Waals surface area contributed by atoms with Crippen LogP contribution in [0.25, 0.3) is 11.1 Å². The maximum absolute atomic E-state index is 13.8. The lowest BCUT2D eigenvalue weighted by atomic mass is 9.74. The number of ether oxygens (including phenoxy) is 1. The van der Waals surface area contributed by atoms with Gasteiger partial charge < -0.3 is 15.4 Å². The van der Waals surface area contributed by atoms with Gasteiger partial charge in [0.2, 0.25) is 0 Å². The normalized spacial score (nSPS) is 16.2. The lowest BCUT2D eigenvalue weighted by Gasteiger charge is -2.38. The minimum atomic E-state index is -0.0754. The molecular weight excluding hydrogens is 486 g/mol. The molecule has 2 aliphatic heterocycles. The van der Waals surface area contributed by atoms with Gasteiger partial charge in [-0.3, -0.25) is 4.79 Å². The topological polar surface area (TPSA) is 79.3 Å². The summed E-state index contributed by atoms with van der Waals surface area (Å²) in [6.45, 7) is 2.42. The van der Waals surface area contributed by atoms with Crippen LogP contribution >= 0.6 is 34.7 Å². The van der Waals surface area contributed by atoms with Crippen molar-refractivity contribution in [1.82, 2.24) is 4.90 Å². The Hall–Kier alpha value is -2.50. The Morgan fingerprint density at radius 1 is 1.26 bits per heavy atom. The van der Waals surface area contributed by atoms with Crippen molar-refractivity contribution in [3.63, 3.8) is 0 Å². The summed E-state index contributed by atoms with van der Waals surface area (Å²) in [6, 6.07) is 15.9. The Balaban J connectivity index is 1.44. The molecule has 1 fully saturated rings. The van der Waals surface area contributed by atoms with Crippen LogP contribution in [-0.2, 0) is 12.0 Å². The minimum absolute atomic E-state index is 0.0172. The molecule has 1 aromatic heterocycles. The van der Waals surface area contributed by atoms with E-state index >= 15 is 0 Å². The SMILES string of the molecule is CSc1sc(C(=O)N2CCC3(CC2)COc2ccc(CN)cc23)c(-c2ccc(Cl)cc2)c1C#N. The number of piperidine rings is 1. The van der Waals surface area contributed by atoms with Crippen molar-refractivity contribution in [2.24, 2.45) is 5.73 Å². The van der Waals surface area contributed by atoms with Gasteiger partial charge in [0.1, 0.15) is 16.7 Å². The van der Waals surface area contributed by atoms with Crippen LogP contribution in [0.5, 0.6) is 5.75 Å². The molecule has 0 unspecified atom stereocenters. The third kappa shape index (κ3) is 3.89. The fourth-order valence-electron chi connectivity index (χ4n) is 4.93. The van der Waals surface area contributed by atoms with Gasteiger partial charge >= 0.3 is 0 Å². The Bertz CT molecular complexity index is 1290. The zero-order valence-corrected chi connectivity index (χ0v) is 21.2. The second-order valence-corrected chi connectivity index (χ2v) is 11.2. The summed E-state index contributed by atoms with van der Waals surface area (Å²) < 4.78 is 6.87. The van der Waals surface area contributed by atoms with Crippen molar-refractivity contribution < 1.29 is 9.53 Å². The number of benzene rings is 2. The largest absolute Gasteiger partial charge is 0.492 e. The molecule has 8 heteroatoms. The Labute approximate surface area is 212 Å². The number of fused-ring (bicyclic) bond motifs is 2. The number of halogens is 1. The molecule has 2 aromatic carbocycles. The first-order valence-electron chi connectivity index (χ1n) is 11.1. The molecule has 1 amide bonds. The van der Waals surface area contributed by atoms with Crippen LogP contribution < -0.4 is 10.5 Å². The Morgan fingerprint density at radius 2 is 2.00 bits per heavy atom. The van der Waals surface area contributed by atoms with Crippen molar-refractivity contribution in [2.45, 2.75) is 29.0 Å². The van der Waals surface area contributed by atoms with Crippen LogP contribution in [-0.4, -0.2) is 36.8 Å². The van der Waals surface area contributed by atoms with Crippen LogP contribution in [0.2, 0.25) is 5.02 Å². The fourth-order valence-corrected chi connectivity index (χ4v) is 6.97. The van der Waals surface area contributed by atoms with E-state index in [-0.39, 0.29) is 11.3 Å². The average molecular weight is 510 g/mol. The molecule has 1 saturated heterocycles. The second kappa shape index (κ2) is 9.27. The molecule has 2 aliphatic rings. The van der Waals surface area contributed by atoms with Crippen molar-refractivity contribution in [2.75, 3.05) is 26.0 Å². The van der Waals surface area contributed by atoms with Crippen molar-refractivity contribution in [3.05, 3.63) is 69.1 Å². The molecule has 34 heavy (non-hydrogen) atoms. The average Bonchev–Trinajstić information content (AvgIpc) is 3.42. The van der Waals surface area contributed by atoms with Crippen LogP contribution in [0.1, 0.15) is 39.2 Å². The van der Waals surface area contributed by atoms with Crippen LogP contribution in [0.4, 0.5) is 0 Å². The molecular formula is C26H24ClN3O2S2. The number of likely N-dealkylation sites (tertiary alicyclic amines) is 1. The van der Waals surface area contributed by atoms with Gasteiger partial charge in [0.15, 0.2) is 0 Å². The molecule has 1 spiro atoms. The molecule has 2 N–H and O–H groups in total. The first kappa shape index (κ1) is 23.3. The first-order valence-corrected chi connectivity index (χ1v) is 13.5. The van der Waals surface area contributed by atoms with Crippen LogP contribution in [0, 0.1) is 11.3 Å². The molecule has 3 heterocycles. The van der Waals surface area contributed by atoms with E-state index in [0.29, 0.717) is 47.3 Å². The minimum Gasteiger partial charge on any atom is -0.492 e. The summed E-state index contributed by atoms with van der Waals surface area (Å²) in [4.78, 5) is 16.3. The van der Waals surface area contributed by atoms with E-state index in [2.05, 4.69) is 12.1 Å². The van der Waals surface area contributed by atoms with E-state index in [9.17, 15) is 10.1 Å². The summed E-state index contributed by atoms with van der Waals surface area (Å²) in [5.74, 6) is 0.917. The third-order valence-electron chi connectivity index (χ3n) is 6.86. The smallest absolute Gasteiger partial charge is 0.264 e. The van der Waals surface area contributed by atoms with Crippen molar-refractivity contribution in [3.8, 4) is 22.9 Å². The quantitative estimate of drug-likeness (QED) is 0.457. The molecule has 3 aromatic rings. The highest BCUT2D eigenvalue weighted by molar-refractivity contribution is 8.00. The van der Waals surface area contributed by atoms with Crippen molar-refractivity contribution >= 4 is 40.6 Å². The number of amides is 1. The number of hydrogen-bond donors (Lipinski definition) is 1. The van der Waals surface area contributed by atoms with Gasteiger partial charge in [-0.05, 0) is 48.4 Å². The predicted octanol–water partition coefficient (Wildman–Crippen LogP) is 5.69. The van der Waals surface area contributed by atoms with Gasteiger partial charge in [-0.25, -0.2) is 0 Å². The van der Waals surface area contributed by atoms with Crippen LogP contribution in [0.15, 0.2) is 46.7 Å². The van der Waals surface area contributed by atoms with Gasteiger partial charge in [0, 0.05) is 41.2 Å². The van der Waals surface area contributed by atoms with E-state index in [4.69, 9.17) is 22.1 Å². The van der Waals surface area contributed by atoms with Gasteiger partial charge in [0.05, 0.1) is 16.4 Å². The summed E-state index contributed by atoms with van der Waals surface area (Å²) >= 11 is 8.99. The summed E-state index contributed by atoms with van der Waals surface area (Å²) in [6.07, 6.45) is 3.61. The Kier molecular flexibility index (Phi) is 6.34. The van der Waals surface area contributed by atoms with Gasteiger partial charge in [-0.1, -0.05) is 35.9 Å². The molecule has 5 nitrogen and oxygen atoms in total. The number of thiophene rings is 1. The third-order valence-corrected chi connectivity index (χ3v) is 9.41. The highest BCUT2D eigenvalue weighted by Crippen LogP contribution is 2.47. The van der Waals surface area contributed by atoms with E-state index in [0.717, 1.165) is 33.9 Å². The molecule has 0 bridgehead atoms. The Morgan fingerprint density at radius 3 is 2.65 bits per heavy atom. The van der Waals surface area contributed by atoms with E-state index in [1.165, 1.54) is 28.7 Å². The van der Waals surface area contributed by atoms with Crippen molar-refractivity contribution in [1.29, 1.82) is 5.26 Å². The molecule has 0 aliphatic carbocycles. The summed E-state index contributed by atoms with van der Waals surface area (Å²) in [5.41, 5.74) is 10.2. The highest BCUT2D eigenvalue weighted by Gasteiger charge is 2.44. The maximum Gasteiger partial charge on any atom is 0.264 e. The number of nitrogens with two attached hydrogens (primary N) is 1. The summed E-state index contributed by atoms with van der Waals surface area (Å²) in [7, 11) is 0. The lowest BCUT2D eigenvalue weighted by molar-refractivity contribution is 0.0652. The number of nitriles is 1. The van der Waals surface area contributed by atoms with Gasteiger partial charge in [-0.15, -0.1) is 23.1 Å². The van der Waals surface area contributed by atoms with E-state index < -0.39 is 0 Å². The number of rotatable bonds is 4. The van der Waals surface area contributed by atoms with Gasteiger partial charge in [0.25, 0.3) is 5.91 Å². The van der Waals surface area contributed by atoms with E-state index in [1.807, 2.05) is 35.4 Å². The number of carbonyl (C=O) groups is 1. The fraction of sp³-hybridized carbons (Fsp3) is 0.308. The molecule has 0 radical (unpaired) electrons. The molecule has 5 rings (SSSR count). The van der Waals surface area contributed by atoms with Gasteiger partial charge in [-0.2, -0.15) is 5.26 Å². The predicted molar refractivity (Wildman–Crippen MR) is 138 cm³/mol. The maximum atomic E-state index is 13.8. The first-order chi connectivity index (χ1) is 16.5. The molecule has 174 valence electrons. The molecule has 0 atom stereocenters. The van der Waals surface area contributed by atoms with E-state index in [1.54, 1.807) is 12.1 Å². The monoisotopic (exact) mass is 509 g/mol. The number of carbonyl (C=O) groups excluding carboxylic acids is 1. The zero-order chi connectivity index (χ0) is 23.9. The number of thioether (sulfide) groups is 1. The molecule has 0 saturated carbocycles. The number of nitrogens with zero attached hydrogens (tertiary/aromatic N) is 2. The van der Waals surface area contributed by atoms with Crippen LogP contribution in [0.3, 0.4) is 0 Å². The lowest BCUT2D eigenvalue weighted by Crippen LogP contribution is -2.46. The number of hydrogen-bond acceptors (Lipinski definition) is 6.